The second-order valence-corrected chi connectivity index (χ2v) is 8.61. The van der Waals surface area contributed by atoms with Crippen LogP contribution in [0.2, 0.25) is 0 Å². The van der Waals surface area contributed by atoms with Crippen LogP contribution in [0.15, 0.2) is 33.7 Å². The summed E-state index contributed by atoms with van der Waals surface area (Å²) in [5.74, 6) is 1.14. The molecule has 0 fully saturated rings. The third kappa shape index (κ3) is 5.61. The fraction of sp³-hybridized carbons (Fsp3) is 0.500. The molecular formula is C18H26N4O4S. The lowest BCUT2D eigenvalue weighted by Crippen LogP contribution is -2.26. The highest BCUT2D eigenvalue weighted by Crippen LogP contribution is 2.18. The lowest BCUT2D eigenvalue weighted by Gasteiger charge is -2.16. The zero-order valence-electron chi connectivity index (χ0n) is 16.1. The van der Waals surface area contributed by atoms with E-state index in [2.05, 4.69) is 15.5 Å². The van der Waals surface area contributed by atoms with E-state index >= 15 is 0 Å². The smallest absolute Gasteiger partial charge is 0.242 e. The molecule has 1 atom stereocenters. The Labute approximate surface area is 160 Å². The average Bonchev–Trinajstić information content (AvgIpc) is 3.09. The van der Waals surface area contributed by atoms with Gasteiger partial charge in [-0.15, -0.1) is 0 Å². The van der Waals surface area contributed by atoms with E-state index in [1.54, 1.807) is 24.3 Å². The van der Waals surface area contributed by atoms with Crippen molar-refractivity contribution in [3.05, 3.63) is 41.5 Å². The van der Waals surface area contributed by atoms with E-state index in [1.807, 2.05) is 13.8 Å². The van der Waals surface area contributed by atoms with Crippen LogP contribution in [0, 0.1) is 0 Å². The molecule has 0 saturated carbocycles. The summed E-state index contributed by atoms with van der Waals surface area (Å²) < 4.78 is 30.4. The quantitative estimate of drug-likeness (QED) is 0.698. The maximum atomic E-state index is 12.1. The molecular weight excluding hydrogens is 368 g/mol. The van der Waals surface area contributed by atoms with Crippen molar-refractivity contribution in [2.24, 2.45) is 0 Å². The first-order chi connectivity index (χ1) is 12.7. The van der Waals surface area contributed by atoms with Crippen LogP contribution >= 0.6 is 0 Å². The molecule has 0 aliphatic rings. The number of aromatic nitrogens is 2. The fourth-order valence-electron chi connectivity index (χ4n) is 2.47. The van der Waals surface area contributed by atoms with E-state index in [9.17, 15) is 13.2 Å². The number of nitrogens with one attached hydrogen (secondary N) is 1. The predicted octanol–water partition coefficient (Wildman–Crippen LogP) is 2.08. The highest BCUT2D eigenvalue weighted by Gasteiger charge is 2.17. The molecule has 1 heterocycles. The average molecular weight is 394 g/mol. The topological polar surface area (TPSA) is 105 Å². The van der Waals surface area contributed by atoms with E-state index < -0.39 is 10.0 Å². The third-order valence-electron chi connectivity index (χ3n) is 4.16. The maximum Gasteiger partial charge on any atom is 0.242 e. The minimum atomic E-state index is -3.46. The number of carbonyl (C=O) groups is 1. The number of rotatable bonds is 9. The molecule has 2 rings (SSSR count). The first-order valence-corrected chi connectivity index (χ1v) is 10.3. The van der Waals surface area contributed by atoms with Crippen molar-refractivity contribution in [1.29, 1.82) is 0 Å². The normalized spacial score (nSPS) is 12.9. The second-order valence-electron chi connectivity index (χ2n) is 6.46. The van der Waals surface area contributed by atoms with E-state index in [0.717, 1.165) is 12.0 Å². The van der Waals surface area contributed by atoms with E-state index in [1.165, 1.54) is 18.4 Å². The van der Waals surface area contributed by atoms with Gasteiger partial charge in [-0.3, -0.25) is 4.79 Å². The summed E-state index contributed by atoms with van der Waals surface area (Å²) in [5, 5.41) is 6.74. The summed E-state index contributed by atoms with van der Waals surface area (Å²) in [4.78, 5) is 16.5. The summed E-state index contributed by atoms with van der Waals surface area (Å²) in [6, 6.07) is 6.31. The second kappa shape index (κ2) is 9.09. The van der Waals surface area contributed by atoms with Crippen LogP contribution in [0.25, 0.3) is 0 Å². The van der Waals surface area contributed by atoms with Gasteiger partial charge in [0.25, 0.3) is 0 Å². The van der Waals surface area contributed by atoms with Gasteiger partial charge >= 0.3 is 0 Å². The van der Waals surface area contributed by atoms with Gasteiger partial charge < -0.3 is 9.84 Å². The number of hydrogen-bond acceptors (Lipinski definition) is 6. The molecule has 27 heavy (non-hydrogen) atoms. The van der Waals surface area contributed by atoms with Gasteiger partial charge in [-0.05, 0) is 31.0 Å². The standard InChI is InChI=1S/C18H26N4O4S/c1-5-16-20-18(26-21-16)8-6-7-17(23)19-13(2)14-9-11-15(12-10-14)27(24,25)22(3)4/h9-13H,5-8H2,1-4H3,(H,19,23). The molecule has 1 unspecified atom stereocenters. The van der Waals surface area contributed by atoms with Crippen molar-refractivity contribution < 1.29 is 17.7 Å². The Hall–Kier alpha value is -2.26. The molecule has 8 nitrogen and oxygen atoms in total. The molecule has 9 heteroatoms. The molecule has 0 aliphatic heterocycles. The molecule has 0 bridgehead atoms. The zero-order valence-corrected chi connectivity index (χ0v) is 16.9. The van der Waals surface area contributed by atoms with Crippen LogP contribution < -0.4 is 5.32 Å². The number of nitrogens with zero attached hydrogens (tertiary/aromatic N) is 3. The van der Waals surface area contributed by atoms with Gasteiger partial charge in [0.1, 0.15) is 0 Å². The number of sulfonamides is 1. The van der Waals surface area contributed by atoms with E-state index in [4.69, 9.17) is 4.52 Å². The number of aryl methyl sites for hydroxylation is 2. The Morgan fingerprint density at radius 2 is 1.93 bits per heavy atom. The molecule has 1 aromatic carbocycles. The maximum absolute atomic E-state index is 12.1. The highest BCUT2D eigenvalue weighted by atomic mass is 32.2. The van der Waals surface area contributed by atoms with Crippen molar-refractivity contribution in [3.63, 3.8) is 0 Å². The first kappa shape index (κ1) is 21.0. The molecule has 0 spiro atoms. The van der Waals surface area contributed by atoms with Gasteiger partial charge in [-0.2, -0.15) is 4.98 Å². The van der Waals surface area contributed by atoms with Gasteiger partial charge in [0.15, 0.2) is 5.82 Å². The minimum Gasteiger partial charge on any atom is -0.350 e. The van der Waals surface area contributed by atoms with Crippen molar-refractivity contribution in [2.45, 2.75) is 50.5 Å². The molecule has 1 aromatic heterocycles. The molecule has 0 radical (unpaired) electrons. The molecule has 0 saturated heterocycles. The lowest BCUT2D eigenvalue weighted by molar-refractivity contribution is -0.121. The van der Waals surface area contributed by atoms with Gasteiger partial charge in [0.2, 0.25) is 21.8 Å². The Balaban J connectivity index is 1.85. The van der Waals surface area contributed by atoms with Crippen molar-refractivity contribution >= 4 is 15.9 Å². The SMILES string of the molecule is CCc1noc(CCCC(=O)NC(C)c2ccc(S(=O)(=O)N(C)C)cc2)n1. The van der Waals surface area contributed by atoms with Gasteiger partial charge in [0.05, 0.1) is 10.9 Å². The fourth-order valence-corrected chi connectivity index (χ4v) is 3.37. The molecule has 2 aromatic rings. The Kier molecular flexibility index (Phi) is 7.09. The number of hydrogen-bond donors (Lipinski definition) is 1. The summed E-state index contributed by atoms with van der Waals surface area (Å²) in [5.41, 5.74) is 0.838. The third-order valence-corrected chi connectivity index (χ3v) is 5.99. The van der Waals surface area contributed by atoms with E-state index in [0.29, 0.717) is 31.0 Å². The molecule has 1 amide bonds. The molecule has 1 N–H and O–H groups in total. The van der Waals surface area contributed by atoms with Crippen LogP contribution in [-0.4, -0.2) is 42.9 Å². The Bertz CT molecular complexity index is 860. The number of amides is 1. The van der Waals surface area contributed by atoms with Crippen molar-refractivity contribution in [2.75, 3.05) is 14.1 Å². The first-order valence-electron chi connectivity index (χ1n) is 8.87. The minimum absolute atomic E-state index is 0.0808. The van der Waals surface area contributed by atoms with Gasteiger partial charge in [0, 0.05) is 33.4 Å². The number of benzene rings is 1. The highest BCUT2D eigenvalue weighted by molar-refractivity contribution is 7.89. The summed E-state index contributed by atoms with van der Waals surface area (Å²) in [7, 11) is -0.476. The summed E-state index contributed by atoms with van der Waals surface area (Å²) >= 11 is 0. The largest absolute Gasteiger partial charge is 0.350 e. The Morgan fingerprint density at radius 3 is 2.48 bits per heavy atom. The zero-order chi connectivity index (χ0) is 20.0. The predicted molar refractivity (Wildman–Crippen MR) is 100 cm³/mol. The van der Waals surface area contributed by atoms with Gasteiger partial charge in [-0.1, -0.05) is 24.2 Å². The van der Waals surface area contributed by atoms with Crippen LogP contribution in [0.3, 0.4) is 0 Å². The van der Waals surface area contributed by atoms with Crippen LogP contribution in [-0.2, 0) is 27.7 Å². The van der Waals surface area contributed by atoms with Crippen molar-refractivity contribution in [3.8, 4) is 0 Å². The van der Waals surface area contributed by atoms with Crippen LogP contribution in [0.1, 0.15) is 50.0 Å². The van der Waals surface area contributed by atoms with E-state index in [-0.39, 0.29) is 16.8 Å². The molecule has 148 valence electrons. The van der Waals surface area contributed by atoms with Crippen LogP contribution in [0.5, 0.6) is 0 Å². The lowest BCUT2D eigenvalue weighted by atomic mass is 10.1. The molecule has 0 aliphatic carbocycles. The summed E-state index contributed by atoms with van der Waals surface area (Å²) in [6.07, 6.45) is 2.24. The summed E-state index contributed by atoms with van der Waals surface area (Å²) in [6.45, 7) is 3.81. The Morgan fingerprint density at radius 1 is 1.26 bits per heavy atom. The number of carbonyl (C=O) groups excluding carboxylic acids is 1. The van der Waals surface area contributed by atoms with Crippen molar-refractivity contribution in [1.82, 2.24) is 19.8 Å². The van der Waals surface area contributed by atoms with Gasteiger partial charge in [-0.25, -0.2) is 12.7 Å². The monoisotopic (exact) mass is 394 g/mol. The van der Waals surface area contributed by atoms with Crippen LogP contribution in [0.4, 0.5) is 0 Å².